The highest BCUT2D eigenvalue weighted by Crippen LogP contribution is 2.41. The van der Waals surface area contributed by atoms with Crippen LogP contribution in [0.3, 0.4) is 0 Å². The number of hydrogen-bond acceptors (Lipinski definition) is 12. The number of hydrogen-bond donors (Lipinski definition) is 4. The SMILES string of the molecule is COc1cc(N2CCN(Cc3ccc4c(c3)C(=O)N(C3CCC(=O)NC3=O)C4S)CC2)ccc1Nc1ncc(Cl)c(Nc2ccccc2P(C)(C)=O)n1. The topological polar surface area (TPSA) is 149 Å². The zero-order valence-electron chi connectivity index (χ0n) is 29.5. The number of amides is 3. The summed E-state index contributed by atoms with van der Waals surface area (Å²) in [7, 11) is -0.943. The average Bonchev–Trinajstić information content (AvgIpc) is 3.38. The average molecular weight is 775 g/mol. The first-order valence-corrected chi connectivity index (χ1v) is 20.7. The van der Waals surface area contributed by atoms with Crippen LogP contribution in [0.1, 0.15) is 39.7 Å². The van der Waals surface area contributed by atoms with Crippen LogP contribution in [-0.2, 0) is 20.7 Å². The lowest BCUT2D eigenvalue weighted by Crippen LogP contribution is -2.53. The summed E-state index contributed by atoms with van der Waals surface area (Å²) < 4.78 is 18.6. The number of halogens is 1. The molecule has 53 heavy (non-hydrogen) atoms. The van der Waals surface area contributed by atoms with Gasteiger partial charge in [-0.05, 0) is 61.2 Å². The molecule has 0 radical (unpaired) electrons. The van der Waals surface area contributed by atoms with Gasteiger partial charge >= 0.3 is 0 Å². The van der Waals surface area contributed by atoms with Crippen LogP contribution in [0.2, 0.25) is 5.02 Å². The largest absolute Gasteiger partial charge is 0.494 e. The zero-order valence-corrected chi connectivity index (χ0v) is 32.0. The summed E-state index contributed by atoms with van der Waals surface area (Å²) in [6.07, 6.45) is 1.99. The molecular formula is C37H40ClN8O5PS. The molecule has 13 nitrogen and oxygen atoms in total. The number of piperidine rings is 1. The third-order valence-corrected chi connectivity index (χ3v) is 12.1. The molecule has 16 heteroatoms. The number of nitrogens with zero attached hydrogens (tertiary/aromatic N) is 5. The number of ether oxygens (including phenoxy) is 1. The summed E-state index contributed by atoms with van der Waals surface area (Å²) in [4.78, 5) is 52.7. The van der Waals surface area contributed by atoms with Gasteiger partial charge < -0.3 is 29.7 Å². The first kappa shape index (κ1) is 36.7. The van der Waals surface area contributed by atoms with E-state index < -0.39 is 24.5 Å². The Balaban J connectivity index is 0.978. The first-order chi connectivity index (χ1) is 25.4. The molecular weight excluding hydrogens is 735 g/mol. The van der Waals surface area contributed by atoms with Crippen LogP contribution < -0.4 is 30.9 Å². The van der Waals surface area contributed by atoms with Gasteiger partial charge in [0.2, 0.25) is 17.8 Å². The van der Waals surface area contributed by atoms with Gasteiger partial charge in [-0.3, -0.25) is 24.6 Å². The Morgan fingerprint density at radius 2 is 1.77 bits per heavy atom. The van der Waals surface area contributed by atoms with Crippen LogP contribution in [0.15, 0.2) is 66.9 Å². The summed E-state index contributed by atoms with van der Waals surface area (Å²) in [5.74, 6) is 0.307. The Morgan fingerprint density at radius 3 is 2.51 bits per heavy atom. The molecule has 7 rings (SSSR count). The molecule has 4 heterocycles. The van der Waals surface area contributed by atoms with Crippen molar-refractivity contribution >= 4 is 83.2 Å². The second-order valence-corrected chi connectivity index (χ2v) is 17.7. The number of anilines is 5. The summed E-state index contributed by atoms with van der Waals surface area (Å²) >= 11 is 11.1. The number of fused-ring (bicyclic) bond motifs is 1. The molecule has 2 fully saturated rings. The number of piperazine rings is 1. The van der Waals surface area contributed by atoms with Gasteiger partial charge in [0.15, 0.2) is 5.82 Å². The maximum Gasteiger partial charge on any atom is 0.256 e. The minimum atomic E-state index is -2.56. The molecule has 3 aliphatic heterocycles. The van der Waals surface area contributed by atoms with Crippen molar-refractivity contribution in [3.63, 3.8) is 0 Å². The smallest absolute Gasteiger partial charge is 0.256 e. The van der Waals surface area contributed by atoms with E-state index in [2.05, 4.69) is 48.3 Å². The number of rotatable bonds is 10. The molecule has 276 valence electrons. The molecule has 3 amide bonds. The van der Waals surface area contributed by atoms with Gasteiger partial charge in [0.1, 0.15) is 29.3 Å². The second kappa shape index (κ2) is 15.0. The number of carbonyl (C=O) groups excluding carboxylic acids is 3. The van der Waals surface area contributed by atoms with E-state index in [1.54, 1.807) is 20.4 Å². The highest BCUT2D eigenvalue weighted by atomic mass is 35.5. The normalized spacial score (nSPS) is 19.2. The standard InChI is InChI=1S/C37H40ClN8O5PS/c1-51-30-19-23(9-11-27(30)41-37-39-20-26(38)33(43-37)40-28-6-4-5-7-31(28)52(2,3)50)45-16-14-44(15-17-45)21-22-8-10-24-25(18-22)35(49)46(36(24)53)29-12-13-32(47)42-34(29)48/h4-11,18-20,29,36,53H,12-17,21H2,1-3H3,(H,42,47,48)(H2,39,40,41,43). The quantitative estimate of drug-likeness (QED) is 0.0935. The maximum absolute atomic E-state index is 13.4. The molecule has 3 N–H and O–H groups in total. The summed E-state index contributed by atoms with van der Waals surface area (Å²) in [6.45, 7) is 7.33. The Morgan fingerprint density at radius 1 is 1.00 bits per heavy atom. The predicted octanol–water partition coefficient (Wildman–Crippen LogP) is 5.39. The lowest BCUT2D eigenvalue weighted by Gasteiger charge is -2.36. The van der Waals surface area contributed by atoms with Crippen molar-refractivity contribution in [1.82, 2.24) is 25.1 Å². The first-order valence-electron chi connectivity index (χ1n) is 17.2. The molecule has 0 saturated carbocycles. The van der Waals surface area contributed by atoms with Crippen LogP contribution in [0.5, 0.6) is 5.75 Å². The second-order valence-electron chi connectivity index (χ2n) is 13.6. The number of imide groups is 1. The highest BCUT2D eigenvalue weighted by Gasteiger charge is 2.43. The van der Waals surface area contributed by atoms with Gasteiger partial charge in [0.05, 0.1) is 24.7 Å². The molecule has 0 bridgehead atoms. The molecule has 3 aromatic carbocycles. The fraction of sp³-hybridized carbons (Fsp3) is 0.324. The molecule has 3 aliphatic rings. The molecule has 2 saturated heterocycles. The Bertz CT molecular complexity index is 2140. The van der Waals surface area contributed by atoms with Crippen molar-refractivity contribution in [2.45, 2.75) is 30.8 Å². The van der Waals surface area contributed by atoms with Gasteiger partial charge in [-0.15, -0.1) is 12.6 Å². The van der Waals surface area contributed by atoms with E-state index in [9.17, 15) is 18.9 Å². The van der Waals surface area contributed by atoms with Crippen LogP contribution in [0.25, 0.3) is 0 Å². The van der Waals surface area contributed by atoms with E-state index >= 15 is 0 Å². The van der Waals surface area contributed by atoms with E-state index in [-0.39, 0.29) is 18.2 Å². The van der Waals surface area contributed by atoms with Crippen molar-refractivity contribution in [3.05, 3.63) is 88.6 Å². The van der Waals surface area contributed by atoms with Crippen molar-refractivity contribution in [2.75, 3.05) is 62.2 Å². The number of benzene rings is 3. The Labute approximate surface area is 318 Å². The molecule has 1 aromatic heterocycles. The van der Waals surface area contributed by atoms with Crippen molar-refractivity contribution in [3.8, 4) is 5.75 Å². The van der Waals surface area contributed by atoms with Crippen LogP contribution in [-0.4, -0.2) is 90.1 Å². The van der Waals surface area contributed by atoms with Crippen molar-refractivity contribution < 1.29 is 23.7 Å². The number of aromatic nitrogens is 2. The van der Waals surface area contributed by atoms with E-state index in [4.69, 9.17) is 16.3 Å². The molecule has 0 spiro atoms. The predicted molar refractivity (Wildman–Crippen MR) is 210 cm³/mol. The number of para-hydroxylation sites is 1. The van der Waals surface area contributed by atoms with Gasteiger partial charge in [-0.1, -0.05) is 35.9 Å². The van der Waals surface area contributed by atoms with Crippen LogP contribution >= 0.6 is 31.4 Å². The van der Waals surface area contributed by atoms with Crippen LogP contribution in [0, 0.1) is 0 Å². The van der Waals surface area contributed by atoms with Gasteiger partial charge in [-0.25, -0.2) is 4.98 Å². The molecule has 4 aromatic rings. The lowest BCUT2D eigenvalue weighted by atomic mass is 10.0. The Hall–Kier alpha value is -4.62. The third kappa shape index (κ3) is 7.73. The van der Waals surface area contributed by atoms with Gasteiger partial charge in [0, 0.05) is 61.8 Å². The number of methoxy groups -OCH3 is 1. The van der Waals surface area contributed by atoms with E-state index in [1.807, 2.05) is 60.7 Å². The van der Waals surface area contributed by atoms with Gasteiger partial charge in [-0.2, -0.15) is 4.98 Å². The highest BCUT2D eigenvalue weighted by molar-refractivity contribution is 7.80. The number of nitrogens with one attached hydrogen (secondary N) is 3. The third-order valence-electron chi connectivity index (χ3n) is 9.73. The Kier molecular flexibility index (Phi) is 10.4. The monoisotopic (exact) mass is 774 g/mol. The molecule has 2 atom stereocenters. The summed E-state index contributed by atoms with van der Waals surface area (Å²) in [6, 6.07) is 18.5. The van der Waals surface area contributed by atoms with E-state index in [1.165, 1.54) is 11.1 Å². The van der Waals surface area contributed by atoms with Crippen molar-refractivity contribution in [2.24, 2.45) is 0 Å². The van der Waals surface area contributed by atoms with Crippen LogP contribution in [0.4, 0.5) is 28.8 Å². The lowest BCUT2D eigenvalue weighted by molar-refractivity contribution is -0.137. The fourth-order valence-electron chi connectivity index (χ4n) is 6.99. The maximum atomic E-state index is 13.4. The van der Waals surface area contributed by atoms with Crippen molar-refractivity contribution in [1.29, 1.82) is 0 Å². The van der Waals surface area contributed by atoms with Gasteiger partial charge in [0.25, 0.3) is 5.91 Å². The molecule has 0 aliphatic carbocycles. The van der Waals surface area contributed by atoms with E-state index in [0.717, 1.165) is 43.0 Å². The minimum absolute atomic E-state index is 0.195. The zero-order chi connectivity index (χ0) is 37.4. The fourth-order valence-corrected chi connectivity index (χ4v) is 8.77. The number of carbonyl (C=O) groups is 3. The van der Waals surface area contributed by atoms with E-state index in [0.29, 0.717) is 57.7 Å². The summed E-state index contributed by atoms with van der Waals surface area (Å²) in [5.41, 5.74) is 4.70. The minimum Gasteiger partial charge on any atom is -0.494 e. The summed E-state index contributed by atoms with van der Waals surface area (Å²) in [5, 5.41) is 9.29. The number of thiol groups is 1. The molecule has 2 unspecified atom stereocenters.